The van der Waals surface area contributed by atoms with E-state index in [0.29, 0.717) is 6.07 Å². The van der Waals surface area contributed by atoms with Crippen molar-refractivity contribution in [1.29, 1.82) is 0 Å². The minimum atomic E-state index is -4.80. The van der Waals surface area contributed by atoms with Crippen LogP contribution in [0, 0.1) is 5.82 Å². The fraction of sp³-hybridized carbons (Fsp3) is 0.308. The van der Waals surface area contributed by atoms with E-state index in [1.54, 1.807) is 0 Å². The highest BCUT2D eigenvalue weighted by molar-refractivity contribution is 5.62. The molecule has 0 bridgehead atoms. The molecule has 0 spiro atoms. The van der Waals surface area contributed by atoms with Crippen LogP contribution in [0.15, 0.2) is 30.6 Å². The van der Waals surface area contributed by atoms with E-state index >= 15 is 0 Å². The molecule has 2 aromatic rings. The summed E-state index contributed by atoms with van der Waals surface area (Å²) in [6, 6.07) is 2.66. The van der Waals surface area contributed by atoms with Gasteiger partial charge in [-0.3, -0.25) is 4.68 Å². The monoisotopic (exact) mass is 324 g/mol. The molecule has 1 heterocycles. The summed E-state index contributed by atoms with van der Waals surface area (Å²) in [5, 5.41) is 12.5. The quantitative estimate of drug-likeness (QED) is 0.874. The van der Waals surface area contributed by atoms with Crippen LogP contribution in [0.1, 0.15) is 12.0 Å². The Morgan fingerprint density at radius 2 is 1.82 bits per heavy atom. The topological polar surface area (TPSA) is 38.0 Å². The third-order valence-electron chi connectivity index (χ3n) is 2.88. The van der Waals surface area contributed by atoms with E-state index in [1.807, 2.05) is 0 Å². The van der Waals surface area contributed by atoms with Crippen molar-refractivity contribution >= 4 is 0 Å². The van der Waals surface area contributed by atoms with Crippen LogP contribution in [0.25, 0.3) is 11.1 Å². The Bertz CT molecular complexity index is 652. The second kappa shape index (κ2) is 5.99. The van der Waals surface area contributed by atoms with E-state index < -0.39 is 36.6 Å². The first-order valence-electron chi connectivity index (χ1n) is 6.03. The summed E-state index contributed by atoms with van der Waals surface area (Å²) in [7, 11) is 0. The summed E-state index contributed by atoms with van der Waals surface area (Å²) in [4.78, 5) is 0. The number of nitrogens with zero attached hydrogens (tertiary/aromatic N) is 2. The van der Waals surface area contributed by atoms with E-state index in [-0.39, 0.29) is 11.1 Å². The van der Waals surface area contributed by atoms with E-state index in [4.69, 9.17) is 5.11 Å². The number of aliphatic hydroxyl groups excluding tert-OH is 1. The standard InChI is InChI=1S/C13H10F6N2O/c14-10-2-7(1-8(3-10)12(15)16)9-4-20-21(5-9)6-11(22)13(17,18)19/h1-5,11-12,22H,6H2. The van der Waals surface area contributed by atoms with Crippen molar-refractivity contribution in [3.8, 4) is 11.1 Å². The molecule has 0 fully saturated rings. The first kappa shape index (κ1) is 16.3. The molecule has 1 unspecified atom stereocenters. The van der Waals surface area contributed by atoms with Gasteiger partial charge in [-0.25, -0.2) is 13.2 Å². The highest BCUT2D eigenvalue weighted by Gasteiger charge is 2.38. The fourth-order valence-electron chi connectivity index (χ4n) is 1.80. The van der Waals surface area contributed by atoms with Crippen LogP contribution in [0.5, 0.6) is 0 Å². The molecule has 0 aliphatic rings. The summed E-state index contributed by atoms with van der Waals surface area (Å²) in [5.74, 6) is -0.893. The minimum absolute atomic E-state index is 0.0584. The first-order chi connectivity index (χ1) is 10.2. The lowest BCUT2D eigenvalue weighted by Gasteiger charge is -2.13. The van der Waals surface area contributed by atoms with Crippen LogP contribution in [0.4, 0.5) is 26.3 Å². The zero-order valence-electron chi connectivity index (χ0n) is 10.9. The molecule has 2 rings (SSSR count). The van der Waals surface area contributed by atoms with Gasteiger partial charge in [-0.1, -0.05) is 0 Å². The molecule has 0 amide bonds. The number of hydrogen-bond donors (Lipinski definition) is 1. The summed E-state index contributed by atoms with van der Waals surface area (Å²) in [5.41, 5.74) is -0.322. The van der Waals surface area contributed by atoms with Crippen molar-refractivity contribution < 1.29 is 31.4 Å². The van der Waals surface area contributed by atoms with Gasteiger partial charge < -0.3 is 5.11 Å². The first-order valence-corrected chi connectivity index (χ1v) is 6.03. The minimum Gasteiger partial charge on any atom is -0.382 e. The average Bonchev–Trinajstić information content (AvgIpc) is 2.85. The highest BCUT2D eigenvalue weighted by atomic mass is 19.4. The van der Waals surface area contributed by atoms with E-state index in [1.165, 1.54) is 0 Å². The molecular weight excluding hydrogens is 314 g/mol. The molecule has 9 heteroatoms. The van der Waals surface area contributed by atoms with Gasteiger partial charge in [0.15, 0.2) is 6.10 Å². The Balaban J connectivity index is 2.25. The summed E-state index contributed by atoms with van der Waals surface area (Å²) in [6.45, 7) is -0.847. The Hall–Kier alpha value is -2.03. The van der Waals surface area contributed by atoms with Crippen LogP contribution in [-0.4, -0.2) is 27.2 Å². The molecule has 1 aromatic heterocycles. The van der Waals surface area contributed by atoms with Crippen molar-refractivity contribution in [3.63, 3.8) is 0 Å². The predicted molar refractivity (Wildman–Crippen MR) is 64.6 cm³/mol. The Labute approximate surface area is 120 Å². The largest absolute Gasteiger partial charge is 0.416 e. The van der Waals surface area contributed by atoms with Crippen molar-refractivity contribution in [1.82, 2.24) is 9.78 Å². The van der Waals surface area contributed by atoms with Gasteiger partial charge in [0.05, 0.1) is 12.7 Å². The number of aromatic nitrogens is 2. The van der Waals surface area contributed by atoms with E-state index in [2.05, 4.69) is 5.10 Å². The smallest absolute Gasteiger partial charge is 0.382 e. The van der Waals surface area contributed by atoms with Crippen LogP contribution >= 0.6 is 0 Å². The lowest BCUT2D eigenvalue weighted by molar-refractivity contribution is -0.208. The number of hydrogen-bond acceptors (Lipinski definition) is 2. The molecule has 0 saturated carbocycles. The normalized spacial score (nSPS) is 13.6. The zero-order valence-corrected chi connectivity index (χ0v) is 10.9. The van der Waals surface area contributed by atoms with Gasteiger partial charge in [-0.2, -0.15) is 18.3 Å². The number of benzene rings is 1. The average molecular weight is 324 g/mol. The molecule has 0 saturated heterocycles. The van der Waals surface area contributed by atoms with Gasteiger partial charge in [0.25, 0.3) is 6.43 Å². The number of aliphatic hydroxyl groups is 1. The lowest BCUT2D eigenvalue weighted by Crippen LogP contribution is -2.32. The van der Waals surface area contributed by atoms with Gasteiger partial charge in [0.1, 0.15) is 5.82 Å². The number of halogens is 6. The second-order valence-corrected chi connectivity index (χ2v) is 4.58. The zero-order chi connectivity index (χ0) is 16.5. The van der Waals surface area contributed by atoms with Crippen LogP contribution in [-0.2, 0) is 6.54 Å². The predicted octanol–water partition coefficient (Wildman–Crippen LogP) is 3.55. The molecule has 0 radical (unpaired) electrons. The third-order valence-corrected chi connectivity index (χ3v) is 2.88. The van der Waals surface area contributed by atoms with E-state index in [9.17, 15) is 26.3 Å². The molecule has 120 valence electrons. The molecule has 22 heavy (non-hydrogen) atoms. The SMILES string of the molecule is OC(Cn1cc(-c2cc(F)cc(C(F)F)c2)cn1)C(F)(F)F. The van der Waals surface area contributed by atoms with Crippen LogP contribution in [0.2, 0.25) is 0 Å². The van der Waals surface area contributed by atoms with E-state index in [0.717, 1.165) is 29.2 Å². The number of alkyl halides is 5. The molecule has 0 aliphatic carbocycles. The molecule has 0 aliphatic heterocycles. The highest BCUT2D eigenvalue weighted by Crippen LogP contribution is 2.27. The molecule has 1 aromatic carbocycles. The maximum absolute atomic E-state index is 13.3. The summed E-state index contributed by atoms with van der Waals surface area (Å²) < 4.78 is 76.0. The maximum atomic E-state index is 13.3. The maximum Gasteiger partial charge on any atom is 0.416 e. The van der Waals surface area contributed by atoms with Gasteiger partial charge in [-0.05, 0) is 23.8 Å². The molecule has 1 N–H and O–H groups in total. The summed E-state index contributed by atoms with van der Waals surface area (Å²) in [6.07, 6.45) is -8.07. The van der Waals surface area contributed by atoms with Crippen LogP contribution < -0.4 is 0 Å². The van der Waals surface area contributed by atoms with Crippen molar-refractivity contribution in [2.75, 3.05) is 0 Å². The Kier molecular flexibility index (Phi) is 4.45. The van der Waals surface area contributed by atoms with Crippen molar-refractivity contribution in [2.45, 2.75) is 25.3 Å². The third kappa shape index (κ3) is 3.79. The molecule has 1 atom stereocenters. The van der Waals surface area contributed by atoms with Crippen LogP contribution in [0.3, 0.4) is 0 Å². The van der Waals surface area contributed by atoms with Gasteiger partial charge in [0.2, 0.25) is 0 Å². The molecule has 3 nitrogen and oxygen atoms in total. The van der Waals surface area contributed by atoms with Gasteiger partial charge >= 0.3 is 6.18 Å². The lowest BCUT2D eigenvalue weighted by atomic mass is 10.1. The van der Waals surface area contributed by atoms with Gasteiger partial charge in [0, 0.05) is 17.3 Å². The van der Waals surface area contributed by atoms with Crippen molar-refractivity contribution in [3.05, 3.63) is 42.0 Å². The number of rotatable bonds is 4. The Morgan fingerprint density at radius 1 is 1.14 bits per heavy atom. The fourth-order valence-corrected chi connectivity index (χ4v) is 1.80. The molecular formula is C13H10F6N2O. The van der Waals surface area contributed by atoms with Gasteiger partial charge in [-0.15, -0.1) is 0 Å². The summed E-state index contributed by atoms with van der Waals surface area (Å²) >= 11 is 0. The Morgan fingerprint density at radius 3 is 2.41 bits per heavy atom. The second-order valence-electron chi connectivity index (χ2n) is 4.58. The van der Waals surface area contributed by atoms with Crippen molar-refractivity contribution in [2.24, 2.45) is 0 Å².